The molecule has 1 atom stereocenters. The van der Waals surface area contributed by atoms with Gasteiger partial charge in [0.2, 0.25) is 0 Å². The maximum Gasteiger partial charge on any atom is 0.325 e. The van der Waals surface area contributed by atoms with Gasteiger partial charge in [0.05, 0.1) is 13.7 Å². The number of rotatable bonds is 6. The van der Waals surface area contributed by atoms with Crippen molar-refractivity contribution in [1.29, 1.82) is 0 Å². The molecule has 0 saturated heterocycles. The Morgan fingerprint density at radius 3 is 2.42 bits per heavy atom. The lowest BCUT2D eigenvalue weighted by atomic mass is 9.98. The molecule has 0 radical (unpaired) electrons. The summed E-state index contributed by atoms with van der Waals surface area (Å²) in [7, 11) is 1.35. The second-order valence-corrected chi connectivity index (χ2v) is 5.08. The Hall–Kier alpha value is -1.55. The van der Waals surface area contributed by atoms with Crippen LogP contribution in [-0.2, 0) is 9.53 Å². The first-order valence-electron chi connectivity index (χ1n) is 6.45. The highest BCUT2D eigenvalue weighted by molar-refractivity contribution is 5.79. The largest absolute Gasteiger partial charge is 0.493 e. The molecule has 106 valence electrons. The monoisotopic (exact) mass is 265 g/mol. The summed E-state index contributed by atoms with van der Waals surface area (Å²) in [5, 5.41) is 0. The van der Waals surface area contributed by atoms with E-state index >= 15 is 0 Å². The number of nitrogens with two attached hydrogens (primary N) is 1. The van der Waals surface area contributed by atoms with Gasteiger partial charge in [-0.1, -0.05) is 18.2 Å². The molecule has 0 bridgehead atoms. The minimum absolute atomic E-state index is 0.389. The molecule has 0 aliphatic rings. The van der Waals surface area contributed by atoms with E-state index in [1.165, 1.54) is 7.11 Å². The van der Waals surface area contributed by atoms with Crippen LogP contribution in [0.4, 0.5) is 0 Å². The van der Waals surface area contributed by atoms with Gasteiger partial charge in [0, 0.05) is 0 Å². The van der Waals surface area contributed by atoms with Crippen molar-refractivity contribution in [3.8, 4) is 5.75 Å². The third-order valence-corrected chi connectivity index (χ3v) is 3.15. The second-order valence-electron chi connectivity index (χ2n) is 5.08. The molecule has 4 heteroatoms. The van der Waals surface area contributed by atoms with Gasteiger partial charge in [0.1, 0.15) is 11.3 Å². The summed E-state index contributed by atoms with van der Waals surface area (Å²) in [6.07, 6.45) is 1.24. The van der Waals surface area contributed by atoms with Crippen LogP contribution in [0.15, 0.2) is 18.2 Å². The number of methoxy groups -OCH3 is 1. The van der Waals surface area contributed by atoms with Crippen LogP contribution in [0.25, 0.3) is 0 Å². The Morgan fingerprint density at radius 1 is 1.32 bits per heavy atom. The Labute approximate surface area is 114 Å². The highest BCUT2D eigenvalue weighted by Crippen LogP contribution is 2.22. The Kier molecular flexibility index (Phi) is 5.36. The van der Waals surface area contributed by atoms with Crippen LogP contribution >= 0.6 is 0 Å². The lowest BCUT2D eigenvalue weighted by molar-refractivity contribution is -0.146. The first kappa shape index (κ1) is 15.5. The van der Waals surface area contributed by atoms with Gasteiger partial charge in [0.15, 0.2) is 0 Å². The number of carbonyl (C=O) groups excluding carboxylic acids is 1. The van der Waals surface area contributed by atoms with Gasteiger partial charge >= 0.3 is 5.97 Å². The fourth-order valence-corrected chi connectivity index (χ4v) is 1.98. The molecule has 0 fully saturated rings. The lowest BCUT2D eigenvalue weighted by Gasteiger charge is -2.21. The fourth-order valence-electron chi connectivity index (χ4n) is 1.98. The van der Waals surface area contributed by atoms with Crippen molar-refractivity contribution in [3.05, 3.63) is 29.3 Å². The molecule has 19 heavy (non-hydrogen) atoms. The topological polar surface area (TPSA) is 61.5 Å². The molecule has 1 rings (SSSR count). The molecule has 0 saturated carbocycles. The number of para-hydroxylation sites is 1. The normalized spacial score (nSPS) is 13.7. The van der Waals surface area contributed by atoms with Crippen LogP contribution in [-0.4, -0.2) is 25.2 Å². The molecule has 1 aromatic rings. The average molecular weight is 265 g/mol. The summed E-state index contributed by atoms with van der Waals surface area (Å²) in [6.45, 7) is 6.25. The van der Waals surface area contributed by atoms with E-state index in [1.54, 1.807) is 6.92 Å². The second kappa shape index (κ2) is 6.57. The van der Waals surface area contributed by atoms with E-state index < -0.39 is 5.54 Å². The number of carbonyl (C=O) groups is 1. The quantitative estimate of drug-likeness (QED) is 0.633. The van der Waals surface area contributed by atoms with Crippen LogP contribution < -0.4 is 10.5 Å². The predicted octanol–water partition coefficient (Wildman–Crippen LogP) is 2.35. The Balaban J connectivity index is 2.45. The zero-order valence-electron chi connectivity index (χ0n) is 12.2. The molecule has 0 heterocycles. The minimum atomic E-state index is -0.946. The maximum atomic E-state index is 11.4. The molecule has 0 spiro atoms. The molecular weight excluding hydrogens is 242 g/mol. The highest BCUT2D eigenvalue weighted by Gasteiger charge is 2.28. The van der Waals surface area contributed by atoms with Crippen molar-refractivity contribution >= 4 is 5.97 Å². The van der Waals surface area contributed by atoms with Gasteiger partial charge in [-0.25, -0.2) is 0 Å². The van der Waals surface area contributed by atoms with Gasteiger partial charge in [-0.3, -0.25) is 4.79 Å². The van der Waals surface area contributed by atoms with E-state index in [-0.39, 0.29) is 5.97 Å². The summed E-state index contributed by atoms with van der Waals surface area (Å²) < 4.78 is 10.4. The third kappa shape index (κ3) is 4.24. The van der Waals surface area contributed by atoms with E-state index in [0.717, 1.165) is 16.9 Å². The first-order valence-corrected chi connectivity index (χ1v) is 6.45. The van der Waals surface area contributed by atoms with E-state index in [0.29, 0.717) is 19.4 Å². The molecule has 0 aliphatic heterocycles. The van der Waals surface area contributed by atoms with Crippen molar-refractivity contribution in [2.24, 2.45) is 5.73 Å². The van der Waals surface area contributed by atoms with Crippen LogP contribution in [0.5, 0.6) is 5.75 Å². The zero-order valence-corrected chi connectivity index (χ0v) is 12.2. The van der Waals surface area contributed by atoms with Crippen LogP contribution in [0.2, 0.25) is 0 Å². The molecule has 2 N–H and O–H groups in total. The summed E-state index contributed by atoms with van der Waals surface area (Å²) in [4.78, 5) is 11.4. The maximum absolute atomic E-state index is 11.4. The Morgan fingerprint density at radius 2 is 1.89 bits per heavy atom. The number of hydrogen-bond acceptors (Lipinski definition) is 4. The van der Waals surface area contributed by atoms with Crippen molar-refractivity contribution in [1.82, 2.24) is 0 Å². The van der Waals surface area contributed by atoms with Gasteiger partial charge in [-0.05, 0) is 44.7 Å². The van der Waals surface area contributed by atoms with Crippen molar-refractivity contribution in [3.63, 3.8) is 0 Å². The highest BCUT2D eigenvalue weighted by atomic mass is 16.5. The summed E-state index contributed by atoms with van der Waals surface area (Å²) in [6, 6.07) is 6.04. The number of hydrogen-bond donors (Lipinski definition) is 1. The van der Waals surface area contributed by atoms with E-state index in [9.17, 15) is 4.79 Å². The summed E-state index contributed by atoms with van der Waals surface area (Å²) in [5.41, 5.74) is 7.16. The molecule has 0 aromatic heterocycles. The molecule has 4 nitrogen and oxygen atoms in total. The molecular formula is C15H23NO3. The van der Waals surface area contributed by atoms with Gasteiger partial charge in [0.25, 0.3) is 0 Å². The number of benzene rings is 1. The number of esters is 1. The smallest absolute Gasteiger partial charge is 0.325 e. The van der Waals surface area contributed by atoms with Crippen LogP contribution in [0, 0.1) is 13.8 Å². The number of ether oxygens (including phenoxy) is 2. The predicted molar refractivity (Wildman–Crippen MR) is 75.3 cm³/mol. The zero-order chi connectivity index (χ0) is 14.5. The molecule has 1 aromatic carbocycles. The summed E-state index contributed by atoms with van der Waals surface area (Å²) in [5.74, 6) is 0.527. The van der Waals surface area contributed by atoms with Gasteiger partial charge in [-0.2, -0.15) is 0 Å². The SMILES string of the molecule is COC(=O)C(C)(N)CCCOc1c(C)cccc1C. The average Bonchev–Trinajstić information content (AvgIpc) is 2.36. The summed E-state index contributed by atoms with van der Waals surface area (Å²) >= 11 is 0. The minimum Gasteiger partial charge on any atom is -0.493 e. The van der Waals surface area contributed by atoms with Gasteiger partial charge in [-0.15, -0.1) is 0 Å². The van der Waals surface area contributed by atoms with Crippen molar-refractivity contribution in [2.75, 3.05) is 13.7 Å². The third-order valence-electron chi connectivity index (χ3n) is 3.15. The fraction of sp³-hybridized carbons (Fsp3) is 0.533. The van der Waals surface area contributed by atoms with Crippen LogP contribution in [0.3, 0.4) is 0 Å². The lowest BCUT2D eigenvalue weighted by Crippen LogP contribution is -2.45. The van der Waals surface area contributed by atoms with E-state index in [1.807, 2.05) is 32.0 Å². The van der Waals surface area contributed by atoms with Crippen molar-refractivity contribution < 1.29 is 14.3 Å². The standard InChI is InChI=1S/C15H23NO3/c1-11-7-5-8-12(2)13(11)19-10-6-9-15(3,16)14(17)18-4/h5,7-8H,6,9-10,16H2,1-4H3. The Bertz CT molecular complexity index is 421. The first-order chi connectivity index (χ1) is 8.88. The van der Waals surface area contributed by atoms with Gasteiger partial charge < -0.3 is 15.2 Å². The molecule has 1 unspecified atom stereocenters. The molecule has 0 amide bonds. The van der Waals surface area contributed by atoms with E-state index in [4.69, 9.17) is 10.5 Å². The molecule has 0 aliphatic carbocycles. The van der Waals surface area contributed by atoms with Crippen molar-refractivity contribution in [2.45, 2.75) is 39.2 Å². The number of aryl methyl sites for hydroxylation is 2. The van der Waals surface area contributed by atoms with Crippen LogP contribution in [0.1, 0.15) is 30.9 Å². The van der Waals surface area contributed by atoms with E-state index in [2.05, 4.69) is 4.74 Å².